The Labute approximate surface area is 98.5 Å². The molecule has 88 valence electrons. The molecule has 1 aliphatic rings. The minimum Gasteiger partial charge on any atom is -0.313 e. The molecule has 16 heavy (non-hydrogen) atoms. The quantitative estimate of drug-likeness (QED) is 0.821. The average molecular weight is 218 g/mol. The molecule has 1 aliphatic carbocycles. The number of nitrogens with one attached hydrogen (secondary N) is 1. The highest BCUT2D eigenvalue weighted by atomic mass is 14.9. The number of nitrogens with zero attached hydrogens (tertiary/aromatic N) is 1. The highest BCUT2D eigenvalue weighted by Gasteiger charge is 2.23. The van der Waals surface area contributed by atoms with E-state index in [1.165, 1.54) is 36.9 Å². The Morgan fingerprint density at radius 1 is 1.38 bits per heavy atom. The average Bonchev–Trinajstić information content (AvgIpc) is 3.05. The van der Waals surface area contributed by atoms with Crippen molar-refractivity contribution in [1.82, 2.24) is 10.3 Å². The van der Waals surface area contributed by atoms with E-state index in [0.29, 0.717) is 6.04 Å². The lowest BCUT2D eigenvalue weighted by atomic mass is 9.99. The summed E-state index contributed by atoms with van der Waals surface area (Å²) in [6.45, 7) is 4.17. The lowest BCUT2D eigenvalue weighted by Crippen LogP contribution is -2.18. The number of aromatic nitrogens is 1. The minimum atomic E-state index is 0.480. The molecule has 1 aromatic rings. The van der Waals surface area contributed by atoms with Crippen molar-refractivity contribution < 1.29 is 0 Å². The first-order valence-electron chi connectivity index (χ1n) is 6.32. The van der Waals surface area contributed by atoms with Gasteiger partial charge in [0.25, 0.3) is 0 Å². The van der Waals surface area contributed by atoms with E-state index in [1.807, 2.05) is 0 Å². The summed E-state index contributed by atoms with van der Waals surface area (Å²) < 4.78 is 0. The number of hydrogen-bond donors (Lipinski definition) is 1. The topological polar surface area (TPSA) is 24.9 Å². The summed E-state index contributed by atoms with van der Waals surface area (Å²) >= 11 is 0. The molecule has 1 saturated carbocycles. The molecule has 0 aliphatic heterocycles. The van der Waals surface area contributed by atoms with Crippen LogP contribution in [0.1, 0.15) is 48.7 Å². The summed E-state index contributed by atoms with van der Waals surface area (Å²) in [5, 5.41) is 3.42. The van der Waals surface area contributed by atoms with Crippen molar-refractivity contribution in [2.24, 2.45) is 5.92 Å². The Hall–Kier alpha value is -0.890. The van der Waals surface area contributed by atoms with Gasteiger partial charge in [-0.2, -0.15) is 0 Å². The van der Waals surface area contributed by atoms with E-state index >= 15 is 0 Å². The first-order chi connectivity index (χ1) is 7.70. The number of hydrogen-bond acceptors (Lipinski definition) is 2. The van der Waals surface area contributed by atoms with Gasteiger partial charge in [0.05, 0.1) is 0 Å². The Morgan fingerprint density at radius 2 is 2.12 bits per heavy atom. The molecule has 0 amide bonds. The van der Waals surface area contributed by atoms with Gasteiger partial charge in [0.2, 0.25) is 0 Å². The molecule has 0 spiro atoms. The van der Waals surface area contributed by atoms with E-state index in [2.05, 4.69) is 43.3 Å². The van der Waals surface area contributed by atoms with Gasteiger partial charge in [0, 0.05) is 17.4 Å². The number of pyridine rings is 1. The Kier molecular flexibility index (Phi) is 3.59. The molecule has 1 fully saturated rings. The van der Waals surface area contributed by atoms with E-state index in [-0.39, 0.29) is 0 Å². The van der Waals surface area contributed by atoms with Gasteiger partial charge in [-0.15, -0.1) is 0 Å². The predicted molar refractivity (Wildman–Crippen MR) is 67.5 cm³/mol. The Bertz CT molecular complexity index is 356. The lowest BCUT2D eigenvalue weighted by molar-refractivity contribution is 0.503. The second kappa shape index (κ2) is 4.96. The zero-order chi connectivity index (χ0) is 11.5. The summed E-state index contributed by atoms with van der Waals surface area (Å²) in [5.41, 5.74) is 3.65. The molecule has 1 heterocycles. The van der Waals surface area contributed by atoms with E-state index < -0.39 is 0 Å². The zero-order valence-electron chi connectivity index (χ0n) is 10.6. The second-order valence-corrected chi connectivity index (χ2v) is 4.99. The van der Waals surface area contributed by atoms with Crippen LogP contribution in [0.3, 0.4) is 0 Å². The van der Waals surface area contributed by atoms with Crippen LogP contribution >= 0.6 is 0 Å². The monoisotopic (exact) mass is 218 g/mol. The molecular weight excluding hydrogens is 196 g/mol. The van der Waals surface area contributed by atoms with Crippen molar-refractivity contribution in [1.29, 1.82) is 0 Å². The Morgan fingerprint density at radius 3 is 2.69 bits per heavy atom. The fourth-order valence-corrected chi connectivity index (χ4v) is 2.33. The van der Waals surface area contributed by atoms with Crippen molar-refractivity contribution in [3.63, 3.8) is 0 Å². The SMILES string of the molecule is CNC(CCC1CC1)c1ccc(C)nc1C. The maximum Gasteiger partial charge on any atom is 0.0423 e. The first kappa shape index (κ1) is 11.6. The van der Waals surface area contributed by atoms with Crippen molar-refractivity contribution in [3.05, 3.63) is 29.1 Å². The van der Waals surface area contributed by atoms with Gasteiger partial charge in [-0.3, -0.25) is 4.98 Å². The summed E-state index contributed by atoms with van der Waals surface area (Å²) in [4.78, 5) is 4.55. The molecule has 2 heteroatoms. The normalized spacial score (nSPS) is 17.4. The van der Waals surface area contributed by atoms with Gasteiger partial charge in [-0.1, -0.05) is 18.9 Å². The molecule has 1 atom stereocenters. The van der Waals surface area contributed by atoms with Crippen LogP contribution in [-0.4, -0.2) is 12.0 Å². The standard InChI is InChI=1S/C14H22N2/c1-10-4-8-13(11(2)16-10)14(15-3)9-7-12-5-6-12/h4,8,12,14-15H,5-7,9H2,1-3H3. The van der Waals surface area contributed by atoms with Crippen LogP contribution in [0.25, 0.3) is 0 Å². The molecule has 0 bridgehead atoms. The van der Waals surface area contributed by atoms with Gasteiger partial charge in [-0.25, -0.2) is 0 Å². The van der Waals surface area contributed by atoms with Crippen molar-refractivity contribution in [3.8, 4) is 0 Å². The summed E-state index contributed by atoms with van der Waals surface area (Å²) in [6, 6.07) is 4.82. The van der Waals surface area contributed by atoms with Crippen LogP contribution in [0.4, 0.5) is 0 Å². The molecular formula is C14H22N2. The molecule has 2 rings (SSSR count). The Balaban J connectivity index is 2.05. The molecule has 1 unspecified atom stereocenters. The molecule has 1 aromatic heterocycles. The van der Waals surface area contributed by atoms with E-state index in [0.717, 1.165) is 11.6 Å². The van der Waals surface area contributed by atoms with Crippen LogP contribution in [0.5, 0.6) is 0 Å². The lowest BCUT2D eigenvalue weighted by Gasteiger charge is -2.18. The fraction of sp³-hybridized carbons (Fsp3) is 0.643. The van der Waals surface area contributed by atoms with Crippen LogP contribution < -0.4 is 5.32 Å². The van der Waals surface area contributed by atoms with E-state index in [4.69, 9.17) is 0 Å². The van der Waals surface area contributed by atoms with Crippen LogP contribution in [-0.2, 0) is 0 Å². The van der Waals surface area contributed by atoms with Crippen molar-refractivity contribution in [2.75, 3.05) is 7.05 Å². The number of aryl methyl sites for hydroxylation is 2. The van der Waals surface area contributed by atoms with Crippen molar-refractivity contribution in [2.45, 2.75) is 45.6 Å². The van der Waals surface area contributed by atoms with Gasteiger partial charge < -0.3 is 5.32 Å². The van der Waals surface area contributed by atoms with Gasteiger partial charge in [-0.05, 0) is 51.3 Å². The van der Waals surface area contributed by atoms with Gasteiger partial charge in [0.1, 0.15) is 0 Å². The third kappa shape index (κ3) is 2.82. The minimum absolute atomic E-state index is 0.480. The maximum atomic E-state index is 4.55. The molecule has 0 saturated heterocycles. The molecule has 0 aromatic carbocycles. The molecule has 2 nitrogen and oxygen atoms in total. The highest BCUT2D eigenvalue weighted by molar-refractivity contribution is 5.25. The summed E-state index contributed by atoms with van der Waals surface area (Å²) in [7, 11) is 2.05. The van der Waals surface area contributed by atoms with Crippen molar-refractivity contribution >= 4 is 0 Å². The van der Waals surface area contributed by atoms with E-state index in [9.17, 15) is 0 Å². The maximum absolute atomic E-state index is 4.55. The molecule has 0 radical (unpaired) electrons. The first-order valence-corrected chi connectivity index (χ1v) is 6.32. The smallest absolute Gasteiger partial charge is 0.0423 e. The summed E-state index contributed by atoms with van der Waals surface area (Å²) in [6.07, 6.45) is 5.49. The zero-order valence-corrected chi connectivity index (χ0v) is 10.6. The van der Waals surface area contributed by atoms with Crippen LogP contribution in [0, 0.1) is 19.8 Å². The molecule has 1 N–H and O–H groups in total. The third-order valence-electron chi connectivity index (χ3n) is 3.55. The third-order valence-corrected chi connectivity index (χ3v) is 3.55. The highest BCUT2D eigenvalue weighted by Crippen LogP contribution is 2.36. The van der Waals surface area contributed by atoms with Crippen LogP contribution in [0.2, 0.25) is 0 Å². The van der Waals surface area contributed by atoms with Gasteiger partial charge >= 0.3 is 0 Å². The largest absolute Gasteiger partial charge is 0.313 e. The second-order valence-electron chi connectivity index (χ2n) is 4.99. The van der Waals surface area contributed by atoms with Crippen LogP contribution in [0.15, 0.2) is 12.1 Å². The number of rotatable bonds is 5. The predicted octanol–water partition coefficient (Wildman–Crippen LogP) is 3.15. The van der Waals surface area contributed by atoms with E-state index in [1.54, 1.807) is 0 Å². The van der Waals surface area contributed by atoms with Gasteiger partial charge in [0.15, 0.2) is 0 Å². The fourth-order valence-electron chi connectivity index (χ4n) is 2.33. The summed E-state index contributed by atoms with van der Waals surface area (Å²) in [5.74, 6) is 1.01.